The van der Waals surface area contributed by atoms with Crippen molar-refractivity contribution in [1.82, 2.24) is 5.32 Å². The Kier molecular flexibility index (Phi) is 5.77. The first-order valence-corrected chi connectivity index (χ1v) is 8.14. The van der Waals surface area contributed by atoms with Gasteiger partial charge in [0.05, 0.1) is 6.04 Å². The van der Waals surface area contributed by atoms with Gasteiger partial charge in [-0.05, 0) is 43.2 Å². The topological polar surface area (TPSA) is 75.6 Å². The molecule has 0 radical (unpaired) electrons. The Bertz CT molecular complexity index is 553. The molecule has 5 heteroatoms. The maximum Gasteiger partial charge on any atom is 0.332 e. The molecule has 2 N–H and O–H groups in total. The molecule has 1 aromatic carbocycles. The molecule has 0 aliphatic carbocycles. The number of carboxylic acids is 1. The minimum absolute atomic E-state index is 0.136. The second-order valence-electron chi connectivity index (χ2n) is 6.60. The molecule has 126 valence electrons. The first kappa shape index (κ1) is 17.5. The van der Waals surface area contributed by atoms with E-state index in [-0.39, 0.29) is 11.9 Å². The molecule has 5 nitrogen and oxygen atoms in total. The number of hydrogen-bond acceptors (Lipinski definition) is 3. The van der Waals surface area contributed by atoms with Crippen molar-refractivity contribution in [3.8, 4) is 0 Å². The van der Waals surface area contributed by atoms with Crippen molar-refractivity contribution < 1.29 is 19.4 Å². The van der Waals surface area contributed by atoms with Crippen LogP contribution in [-0.2, 0) is 20.7 Å². The summed E-state index contributed by atoms with van der Waals surface area (Å²) in [5, 5.41) is 11.8. The molecule has 3 atom stereocenters. The van der Waals surface area contributed by atoms with E-state index >= 15 is 0 Å². The fraction of sp³-hybridized carbons (Fsp3) is 0.556. The number of carboxylic acid groups (broad SMARTS) is 1. The Hall–Kier alpha value is -1.88. The number of aliphatic carboxylic acids is 1. The van der Waals surface area contributed by atoms with E-state index in [0.29, 0.717) is 18.8 Å². The van der Waals surface area contributed by atoms with Crippen molar-refractivity contribution in [1.29, 1.82) is 0 Å². The summed E-state index contributed by atoms with van der Waals surface area (Å²) in [6, 6.07) is 8.09. The number of carbonyl (C=O) groups is 2. The van der Waals surface area contributed by atoms with E-state index in [2.05, 4.69) is 31.3 Å². The predicted molar refractivity (Wildman–Crippen MR) is 87.1 cm³/mol. The molecule has 1 aliphatic rings. The molecule has 1 aromatic rings. The third-order valence-electron chi connectivity index (χ3n) is 4.07. The van der Waals surface area contributed by atoms with Gasteiger partial charge >= 0.3 is 5.97 Å². The molecule has 0 spiro atoms. The van der Waals surface area contributed by atoms with Gasteiger partial charge in [-0.15, -0.1) is 0 Å². The second kappa shape index (κ2) is 7.59. The third kappa shape index (κ3) is 4.79. The summed E-state index contributed by atoms with van der Waals surface area (Å²) in [6.45, 7) is 6.28. The number of amides is 1. The molecule has 2 rings (SSSR count). The lowest BCUT2D eigenvalue weighted by molar-refractivity contribution is -0.151. The summed E-state index contributed by atoms with van der Waals surface area (Å²) >= 11 is 0. The van der Waals surface area contributed by atoms with E-state index in [1.54, 1.807) is 0 Å². The number of carbonyl (C=O) groups excluding carboxylic acids is 1. The monoisotopic (exact) mass is 319 g/mol. The third-order valence-corrected chi connectivity index (χ3v) is 4.07. The van der Waals surface area contributed by atoms with E-state index in [4.69, 9.17) is 9.84 Å². The van der Waals surface area contributed by atoms with Crippen LogP contribution in [0.1, 0.15) is 50.8 Å². The first-order valence-electron chi connectivity index (χ1n) is 8.14. The van der Waals surface area contributed by atoms with Crippen LogP contribution in [0.3, 0.4) is 0 Å². The summed E-state index contributed by atoms with van der Waals surface area (Å²) < 4.78 is 5.27. The Labute approximate surface area is 137 Å². The fourth-order valence-electron chi connectivity index (χ4n) is 2.82. The molecule has 1 aliphatic heterocycles. The van der Waals surface area contributed by atoms with E-state index in [0.717, 1.165) is 12.0 Å². The first-order chi connectivity index (χ1) is 10.9. The maximum atomic E-state index is 12.2. The van der Waals surface area contributed by atoms with Crippen molar-refractivity contribution in [2.75, 3.05) is 0 Å². The minimum atomic E-state index is -1.01. The van der Waals surface area contributed by atoms with Crippen LogP contribution in [0.5, 0.6) is 0 Å². The average Bonchev–Trinajstić information content (AvgIpc) is 2.97. The van der Waals surface area contributed by atoms with Crippen LogP contribution in [0, 0.1) is 5.92 Å². The Morgan fingerprint density at radius 1 is 1.17 bits per heavy atom. The smallest absolute Gasteiger partial charge is 0.332 e. The number of ether oxygens (including phenoxy) is 1. The molecule has 0 aromatic heterocycles. The van der Waals surface area contributed by atoms with Crippen LogP contribution in [0.4, 0.5) is 0 Å². The molecule has 1 saturated heterocycles. The minimum Gasteiger partial charge on any atom is -0.479 e. The van der Waals surface area contributed by atoms with Crippen molar-refractivity contribution in [2.24, 2.45) is 5.92 Å². The maximum absolute atomic E-state index is 12.2. The highest BCUT2D eigenvalue weighted by atomic mass is 16.5. The highest BCUT2D eigenvalue weighted by molar-refractivity contribution is 5.83. The van der Waals surface area contributed by atoms with Crippen LogP contribution < -0.4 is 5.32 Å². The second-order valence-corrected chi connectivity index (χ2v) is 6.60. The van der Waals surface area contributed by atoms with E-state index in [1.165, 1.54) is 5.56 Å². The van der Waals surface area contributed by atoms with Gasteiger partial charge in [-0.1, -0.05) is 38.1 Å². The van der Waals surface area contributed by atoms with Gasteiger partial charge in [0.2, 0.25) is 5.91 Å². The summed E-state index contributed by atoms with van der Waals surface area (Å²) in [5.41, 5.74) is 2.31. The molecular formula is C18H25NO4. The van der Waals surface area contributed by atoms with Crippen molar-refractivity contribution in [2.45, 2.75) is 58.3 Å². The van der Waals surface area contributed by atoms with Gasteiger partial charge in [-0.3, -0.25) is 4.79 Å². The van der Waals surface area contributed by atoms with Crippen LogP contribution in [0.25, 0.3) is 0 Å². The molecule has 1 amide bonds. The largest absolute Gasteiger partial charge is 0.479 e. The number of nitrogens with one attached hydrogen (secondary N) is 1. The van der Waals surface area contributed by atoms with Crippen molar-refractivity contribution in [3.05, 3.63) is 35.4 Å². The molecule has 1 heterocycles. The summed E-state index contributed by atoms with van der Waals surface area (Å²) in [7, 11) is 0. The zero-order valence-corrected chi connectivity index (χ0v) is 13.9. The van der Waals surface area contributed by atoms with E-state index in [1.807, 2.05) is 19.1 Å². The molecular weight excluding hydrogens is 294 g/mol. The fourth-order valence-corrected chi connectivity index (χ4v) is 2.82. The Balaban J connectivity index is 1.90. The van der Waals surface area contributed by atoms with Gasteiger partial charge in [0.25, 0.3) is 0 Å². The lowest BCUT2D eigenvalue weighted by atomic mass is 10.00. The highest BCUT2D eigenvalue weighted by Gasteiger charge is 2.35. The number of benzene rings is 1. The van der Waals surface area contributed by atoms with Crippen molar-refractivity contribution >= 4 is 11.9 Å². The average molecular weight is 319 g/mol. The summed E-state index contributed by atoms with van der Waals surface area (Å²) in [6.07, 6.45) is 0.331. The molecule has 0 bridgehead atoms. The summed E-state index contributed by atoms with van der Waals surface area (Å²) in [4.78, 5) is 23.0. The molecule has 1 fully saturated rings. The van der Waals surface area contributed by atoms with Gasteiger partial charge in [0.15, 0.2) is 6.10 Å². The highest BCUT2D eigenvalue weighted by Crippen LogP contribution is 2.21. The van der Waals surface area contributed by atoms with Crippen LogP contribution in [0.15, 0.2) is 24.3 Å². The van der Waals surface area contributed by atoms with Gasteiger partial charge in [-0.25, -0.2) is 4.79 Å². The van der Waals surface area contributed by atoms with Crippen LogP contribution >= 0.6 is 0 Å². The predicted octanol–water partition coefficient (Wildman–Crippen LogP) is 2.69. The summed E-state index contributed by atoms with van der Waals surface area (Å²) in [5.74, 6) is -0.638. The van der Waals surface area contributed by atoms with Gasteiger partial charge in [-0.2, -0.15) is 0 Å². The SMILES string of the molecule is CC(C)Cc1ccc(C(C)NC(=O)[C@@H]2CC[C@H](C(=O)O)O2)cc1. The zero-order valence-electron chi connectivity index (χ0n) is 13.9. The lowest BCUT2D eigenvalue weighted by Crippen LogP contribution is -2.37. The number of hydrogen-bond donors (Lipinski definition) is 2. The van der Waals surface area contributed by atoms with Crippen LogP contribution in [-0.4, -0.2) is 29.2 Å². The lowest BCUT2D eigenvalue weighted by Gasteiger charge is -2.18. The number of rotatable bonds is 6. The molecule has 1 unspecified atom stereocenters. The quantitative estimate of drug-likeness (QED) is 0.845. The van der Waals surface area contributed by atoms with Crippen molar-refractivity contribution in [3.63, 3.8) is 0 Å². The van der Waals surface area contributed by atoms with E-state index < -0.39 is 18.2 Å². The Morgan fingerprint density at radius 2 is 1.78 bits per heavy atom. The zero-order chi connectivity index (χ0) is 17.0. The molecule has 23 heavy (non-hydrogen) atoms. The standard InChI is InChI=1S/C18H25NO4/c1-11(2)10-13-4-6-14(7-5-13)12(3)19-17(20)15-8-9-16(23-15)18(21)22/h4-7,11-12,15-16H,8-10H2,1-3H3,(H,19,20)(H,21,22)/t12?,15-,16+/m0/s1. The Morgan fingerprint density at radius 3 is 2.30 bits per heavy atom. The molecule has 0 saturated carbocycles. The van der Waals surface area contributed by atoms with Gasteiger partial charge in [0.1, 0.15) is 6.10 Å². The van der Waals surface area contributed by atoms with Gasteiger partial charge in [0, 0.05) is 0 Å². The van der Waals surface area contributed by atoms with Gasteiger partial charge < -0.3 is 15.2 Å². The normalized spacial score (nSPS) is 22.1. The van der Waals surface area contributed by atoms with E-state index in [9.17, 15) is 9.59 Å². The van der Waals surface area contributed by atoms with Crippen LogP contribution in [0.2, 0.25) is 0 Å².